The normalized spacial score (nSPS) is 15.3. The van der Waals surface area contributed by atoms with E-state index in [1.54, 1.807) is 35.2 Å². The first-order chi connectivity index (χ1) is 11.6. The molecular formula is C18H17Cl2FN2O. The highest BCUT2D eigenvalue weighted by Crippen LogP contribution is 2.27. The number of anilines is 1. The fraction of sp³-hybridized carbons (Fsp3) is 0.278. The monoisotopic (exact) mass is 366 g/mol. The van der Waals surface area contributed by atoms with Gasteiger partial charge in [-0.05, 0) is 42.8 Å². The Morgan fingerprint density at radius 2 is 1.71 bits per heavy atom. The van der Waals surface area contributed by atoms with Gasteiger partial charge in [0.05, 0.1) is 15.6 Å². The van der Waals surface area contributed by atoms with Gasteiger partial charge in [-0.15, -0.1) is 0 Å². The van der Waals surface area contributed by atoms with Crippen molar-refractivity contribution < 1.29 is 9.18 Å². The number of carbonyl (C=O) groups excluding carboxylic acids is 1. The molecule has 1 amide bonds. The third kappa shape index (κ3) is 3.65. The van der Waals surface area contributed by atoms with Gasteiger partial charge in [-0.1, -0.05) is 29.3 Å². The minimum absolute atomic E-state index is 0.108. The zero-order valence-electron chi connectivity index (χ0n) is 13.0. The van der Waals surface area contributed by atoms with Gasteiger partial charge in [0.1, 0.15) is 5.82 Å². The van der Waals surface area contributed by atoms with Crippen LogP contribution in [-0.4, -0.2) is 37.0 Å². The fourth-order valence-electron chi connectivity index (χ4n) is 2.87. The molecule has 3 nitrogen and oxygen atoms in total. The van der Waals surface area contributed by atoms with Gasteiger partial charge in [0, 0.05) is 31.9 Å². The molecule has 2 aromatic carbocycles. The van der Waals surface area contributed by atoms with Crippen molar-refractivity contribution in [2.24, 2.45) is 0 Å². The number of amides is 1. The lowest BCUT2D eigenvalue weighted by Crippen LogP contribution is -2.35. The van der Waals surface area contributed by atoms with E-state index < -0.39 is 0 Å². The van der Waals surface area contributed by atoms with Crippen molar-refractivity contribution in [3.8, 4) is 0 Å². The minimum Gasteiger partial charge on any atom is -0.370 e. The molecule has 24 heavy (non-hydrogen) atoms. The molecule has 1 saturated heterocycles. The third-order valence-corrected chi connectivity index (χ3v) is 4.98. The van der Waals surface area contributed by atoms with Crippen molar-refractivity contribution in [2.75, 3.05) is 31.1 Å². The van der Waals surface area contributed by atoms with Crippen LogP contribution in [0.1, 0.15) is 16.8 Å². The van der Waals surface area contributed by atoms with Gasteiger partial charge in [-0.25, -0.2) is 4.39 Å². The topological polar surface area (TPSA) is 23.6 Å². The van der Waals surface area contributed by atoms with Crippen LogP contribution in [-0.2, 0) is 0 Å². The SMILES string of the molecule is O=C(c1cccc(Cl)c1Cl)N1CCCN(c2ccc(F)cc2)CC1. The number of rotatable bonds is 2. The lowest BCUT2D eigenvalue weighted by molar-refractivity contribution is 0.0767. The smallest absolute Gasteiger partial charge is 0.255 e. The molecule has 0 spiro atoms. The molecule has 0 aliphatic carbocycles. The minimum atomic E-state index is -0.249. The Labute approximate surface area is 150 Å². The highest BCUT2D eigenvalue weighted by atomic mass is 35.5. The van der Waals surface area contributed by atoms with Crippen molar-refractivity contribution >= 4 is 34.8 Å². The van der Waals surface area contributed by atoms with Gasteiger partial charge >= 0.3 is 0 Å². The molecule has 6 heteroatoms. The van der Waals surface area contributed by atoms with E-state index in [4.69, 9.17) is 23.2 Å². The van der Waals surface area contributed by atoms with E-state index in [2.05, 4.69) is 4.90 Å². The van der Waals surface area contributed by atoms with E-state index in [1.165, 1.54) is 12.1 Å². The van der Waals surface area contributed by atoms with Crippen LogP contribution in [0.25, 0.3) is 0 Å². The summed E-state index contributed by atoms with van der Waals surface area (Å²) in [6.07, 6.45) is 0.835. The van der Waals surface area contributed by atoms with Crippen molar-refractivity contribution in [3.63, 3.8) is 0 Å². The average Bonchev–Trinajstić information content (AvgIpc) is 2.84. The summed E-state index contributed by atoms with van der Waals surface area (Å²) in [6, 6.07) is 11.5. The number of hydrogen-bond donors (Lipinski definition) is 0. The number of carbonyl (C=O) groups is 1. The highest BCUT2D eigenvalue weighted by molar-refractivity contribution is 6.43. The first-order valence-corrected chi connectivity index (χ1v) is 8.55. The molecule has 0 radical (unpaired) electrons. The van der Waals surface area contributed by atoms with E-state index in [0.29, 0.717) is 35.2 Å². The Hall–Kier alpha value is -1.78. The number of halogens is 3. The van der Waals surface area contributed by atoms with Crippen LogP contribution in [0.5, 0.6) is 0 Å². The molecule has 0 N–H and O–H groups in total. The molecule has 1 fully saturated rings. The fourth-order valence-corrected chi connectivity index (χ4v) is 3.25. The second-order valence-electron chi connectivity index (χ2n) is 5.71. The summed E-state index contributed by atoms with van der Waals surface area (Å²) in [4.78, 5) is 16.7. The van der Waals surface area contributed by atoms with Crippen molar-refractivity contribution in [1.29, 1.82) is 0 Å². The van der Waals surface area contributed by atoms with Gasteiger partial charge < -0.3 is 9.80 Å². The maximum absolute atomic E-state index is 13.1. The molecule has 0 bridgehead atoms. The summed E-state index contributed by atoms with van der Waals surface area (Å²) in [5.41, 5.74) is 1.39. The molecule has 0 aromatic heterocycles. The molecule has 3 rings (SSSR count). The first kappa shape index (κ1) is 17.1. The summed E-state index contributed by atoms with van der Waals surface area (Å²) >= 11 is 12.2. The van der Waals surface area contributed by atoms with E-state index in [1.807, 2.05) is 0 Å². The molecule has 1 aliphatic rings. The van der Waals surface area contributed by atoms with E-state index in [0.717, 1.165) is 18.7 Å². The molecule has 0 unspecified atom stereocenters. The van der Waals surface area contributed by atoms with E-state index in [9.17, 15) is 9.18 Å². The van der Waals surface area contributed by atoms with Gasteiger partial charge in [0.15, 0.2) is 0 Å². The standard InChI is InChI=1S/C18H17Cl2FN2O/c19-16-4-1-3-15(17(16)20)18(24)23-10-2-9-22(11-12-23)14-7-5-13(21)6-8-14/h1,3-8H,2,9-12H2. The zero-order chi connectivity index (χ0) is 17.1. The van der Waals surface area contributed by atoms with E-state index >= 15 is 0 Å². The van der Waals surface area contributed by atoms with Crippen molar-refractivity contribution in [1.82, 2.24) is 4.90 Å². The van der Waals surface area contributed by atoms with Gasteiger partial charge in [-0.2, -0.15) is 0 Å². The van der Waals surface area contributed by atoms with Crippen LogP contribution in [0.2, 0.25) is 10.0 Å². The van der Waals surface area contributed by atoms with E-state index in [-0.39, 0.29) is 11.7 Å². The molecule has 0 saturated carbocycles. The molecule has 0 atom stereocenters. The number of benzene rings is 2. The first-order valence-electron chi connectivity index (χ1n) is 7.80. The maximum Gasteiger partial charge on any atom is 0.255 e. The Morgan fingerprint density at radius 3 is 2.46 bits per heavy atom. The van der Waals surface area contributed by atoms with Crippen LogP contribution >= 0.6 is 23.2 Å². The quantitative estimate of drug-likeness (QED) is 0.781. The summed E-state index contributed by atoms with van der Waals surface area (Å²) in [7, 11) is 0. The Kier molecular flexibility index (Phi) is 5.27. The van der Waals surface area contributed by atoms with Crippen LogP contribution in [0.4, 0.5) is 10.1 Å². The predicted molar refractivity (Wildman–Crippen MR) is 95.6 cm³/mol. The van der Waals surface area contributed by atoms with Crippen molar-refractivity contribution in [2.45, 2.75) is 6.42 Å². The average molecular weight is 367 g/mol. The summed E-state index contributed by atoms with van der Waals surface area (Å²) in [6.45, 7) is 2.74. The Bertz CT molecular complexity index is 736. The molecular weight excluding hydrogens is 350 g/mol. The van der Waals surface area contributed by atoms with Gasteiger partial charge in [0.25, 0.3) is 5.91 Å². The second kappa shape index (κ2) is 7.41. The van der Waals surface area contributed by atoms with Crippen LogP contribution in [0.15, 0.2) is 42.5 Å². The summed E-state index contributed by atoms with van der Waals surface area (Å²) in [5.74, 6) is -0.357. The predicted octanol–water partition coefficient (Wildman–Crippen LogP) is 4.49. The van der Waals surface area contributed by atoms with Crippen molar-refractivity contribution in [3.05, 3.63) is 63.9 Å². The summed E-state index contributed by atoms with van der Waals surface area (Å²) < 4.78 is 13.1. The molecule has 1 heterocycles. The molecule has 2 aromatic rings. The van der Waals surface area contributed by atoms with Crippen LogP contribution in [0, 0.1) is 5.82 Å². The largest absolute Gasteiger partial charge is 0.370 e. The van der Waals surface area contributed by atoms with Gasteiger partial charge in [0.2, 0.25) is 0 Å². The second-order valence-corrected chi connectivity index (χ2v) is 6.50. The van der Waals surface area contributed by atoms with Crippen LogP contribution < -0.4 is 4.90 Å². The highest BCUT2D eigenvalue weighted by Gasteiger charge is 2.22. The molecule has 126 valence electrons. The molecule has 1 aliphatic heterocycles. The Balaban J connectivity index is 1.72. The summed E-state index contributed by atoms with van der Waals surface area (Å²) in [5, 5.41) is 0.675. The maximum atomic E-state index is 13.1. The number of nitrogens with zero attached hydrogens (tertiary/aromatic N) is 2. The zero-order valence-corrected chi connectivity index (χ0v) is 14.5. The van der Waals surface area contributed by atoms with Crippen LogP contribution in [0.3, 0.4) is 0 Å². The lowest BCUT2D eigenvalue weighted by Gasteiger charge is -2.24. The Morgan fingerprint density at radius 1 is 0.958 bits per heavy atom. The number of hydrogen-bond acceptors (Lipinski definition) is 2. The van der Waals surface area contributed by atoms with Gasteiger partial charge in [-0.3, -0.25) is 4.79 Å². The lowest BCUT2D eigenvalue weighted by atomic mass is 10.2. The third-order valence-electron chi connectivity index (χ3n) is 4.16.